The predicted molar refractivity (Wildman–Crippen MR) is 74.9 cm³/mol. The number of hydrogen-bond acceptors (Lipinski definition) is 3. The van der Waals surface area contributed by atoms with Crippen LogP contribution < -0.4 is 10.4 Å². The van der Waals surface area contributed by atoms with Crippen molar-refractivity contribution in [3.63, 3.8) is 0 Å². The average Bonchev–Trinajstić information content (AvgIpc) is 3.08. The first kappa shape index (κ1) is 11.0. The Kier molecular flexibility index (Phi) is 2.00. The van der Waals surface area contributed by atoms with Crippen molar-refractivity contribution in [2.45, 2.75) is 31.8 Å². The summed E-state index contributed by atoms with van der Waals surface area (Å²) in [6.07, 6.45) is 5.05. The van der Waals surface area contributed by atoms with Gasteiger partial charge in [0, 0.05) is 5.92 Å². The highest BCUT2D eigenvalue weighted by Crippen LogP contribution is 2.53. The Morgan fingerprint density at radius 2 is 1.95 bits per heavy atom. The van der Waals surface area contributed by atoms with Crippen molar-refractivity contribution in [1.82, 2.24) is 0 Å². The van der Waals surface area contributed by atoms with Gasteiger partial charge in [-0.1, -0.05) is 12.1 Å². The monoisotopic (exact) mass is 268 g/mol. The Bertz CT molecular complexity index is 760. The minimum absolute atomic E-state index is 0.208. The fourth-order valence-corrected chi connectivity index (χ4v) is 4.67. The molecular formula is C17H16O3. The Balaban J connectivity index is 1.74. The number of para-hydroxylation sites is 1. The first-order chi connectivity index (χ1) is 9.81. The molecule has 20 heavy (non-hydrogen) atoms. The number of fused-ring (bicyclic) bond motifs is 8. The Morgan fingerprint density at radius 3 is 2.90 bits per heavy atom. The molecule has 2 aliphatic carbocycles. The summed E-state index contributed by atoms with van der Waals surface area (Å²) in [5, 5.41) is 0.948. The van der Waals surface area contributed by atoms with Gasteiger partial charge in [0.15, 0.2) is 0 Å². The van der Waals surface area contributed by atoms with Crippen LogP contribution in [0.3, 0.4) is 0 Å². The molecule has 4 atom stereocenters. The molecule has 2 aromatic rings. The van der Waals surface area contributed by atoms with Crippen molar-refractivity contribution in [2.75, 3.05) is 0 Å². The van der Waals surface area contributed by atoms with E-state index in [1.54, 1.807) is 0 Å². The van der Waals surface area contributed by atoms with Gasteiger partial charge in [-0.25, -0.2) is 4.79 Å². The van der Waals surface area contributed by atoms with E-state index in [0.717, 1.165) is 29.0 Å². The molecular weight excluding hydrogens is 252 g/mol. The van der Waals surface area contributed by atoms with Gasteiger partial charge in [0.1, 0.15) is 17.4 Å². The van der Waals surface area contributed by atoms with Crippen LogP contribution in [-0.4, -0.2) is 6.10 Å². The molecule has 2 fully saturated rings. The maximum Gasteiger partial charge on any atom is 0.343 e. The molecule has 2 heterocycles. The molecule has 0 N–H and O–H groups in total. The zero-order chi connectivity index (χ0) is 13.3. The SMILES string of the molecule is O=c1oc2ccccc2c2c1C[C@@H]1[C@H]3CC[C@H](C3)[C@@H]1O2. The number of benzene rings is 1. The largest absolute Gasteiger partial charge is 0.488 e. The van der Waals surface area contributed by atoms with Crippen molar-refractivity contribution in [3.05, 3.63) is 40.2 Å². The van der Waals surface area contributed by atoms with Crippen LogP contribution in [0.2, 0.25) is 0 Å². The van der Waals surface area contributed by atoms with Gasteiger partial charge in [-0.15, -0.1) is 0 Å². The fourth-order valence-electron chi connectivity index (χ4n) is 4.67. The minimum atomic E-state index is -0.208. The number of ether oxygens (including phenoxy) is 1. The van der Waals surface area contributed by atoms with Gasteiger partial charge in [-0.2, -0.15) is 0 Å². The zero-order valence-corrected chi connectivity index (χ0v) is 11.2. The van der Waals surface area contributed by atoms with E-state index < -0.39 is 0 Å². The maximum atomic E-state index is 12.2. The summed E-state index contributed by atoms with van der Waals surface area (Å²) in [6.45, 7) is 0. The van der Waals surface area contributed by atoms with E-state index in [2.05, 4.69) is 0 Å². The summed E-state index contributed by atoms with van der Waals surface area (Å²) >= 11 is 0. The summed E-state index contributed by atoms with van der Waals surface area (Å²) in [4.78, 5) is 12.2. The molecule has 1 aromatic heterocycles. The van der Waals surface area contributed by atoms with Crippen LogP contribution in [0.5, 0.6) is 5.75 Å². The molecule has 1 aliphatic heterocycles. The maximum absolute atomic E-state index is 12.2. The molecule has 0 saturated heterocycles. The molecule has 0 spiro atoms. The normalized spacial score (nSPS) is 33.8. The first-order valence-corrected chi connectivity index (χ1v) is 7.52. The van der Waals surface area contributed by atoms with E-state index in [1.807, 2.05) is 24.3 Å². The summed E-state index contributed by atoms with van der Waals surface area (Å²) in [5.41, 5.74) is 1.19. The van der Waals surface area contributed by atoms with Crippen LogP contribution in [0, 0.1) is 17.8 Å². The van der Waals surface area contributed by atoms with Gasteiger partial charge in [-0.3, -0.25) is 0 Å². The molecule has 3 heteroatoms. The predicted octanol–water partition coefficient (Wildman–Crippen LogP) is 3.14. The second-order valence-corrected chi connectivity index (χ2v) is 6.48. The zero-order valence-electron chi connectivity index (χ0n) is 11.2. The molecule has 102 valence electrons. The molecule has 3 aliphatic rings. The van der Waals surface area contributed by atoms with Crippen molar-refractivity contribution in [1.29, 1.82) is 0 Å². The lowest BCUT2D eigenvalue weighted by Gasteiger charge is -2.36. The van der Waals surface area contributed by atoms with Crippen molar-refractivity contribution in [2.24, 2.45) is 17.8 Å². The van der Waals surface area contributed by atoms with Crippen molar-refractivity contribution in [3.8, 4) is 5.75 Å². The van der Waals surface area contributed by atoms with Gasteiger partial charge in [0.25, 0.3) is 0 Å². The lowest BCUT2D eigenvalue weighted by Crippen LogP contribution is -2.39. The van der Waals surface area contributed by atoms with Crippen LogP contribution in [0.1, 0.15) is 24.8 Å². The molecule has 1 aromatic carbocycles. The standard InChI is InChI=1S/C17H16O3/c18-17-13-8-12-9-5-6-10(7-9)15(12)20-16(13)11-3-1-2-4-14(11)19-17/h1-4,9-10,12,15H,5-8H2/t9-,10+,12+,15-/m0/s1. The number of hydrogen-bond donors (Lipinski definition) is 0. The highest BCUT2D eigenvalue weighted by molar-refractivity contribution is 5.84. The molecule has 0 amide bonds. The summed E-state index contributed by atoms with van der Waals surface area (Å²) < 4.78 is 11.8. The molecule has 0 unspecified atom stereocenters. The highest BCUT2D eigenvalue weighted by atomic mass is 16.5. The number of rotatable bonds is 0. The van der Waals surface area contributed by atoms with Crippen LogP contribution in [0.4, 0.5) is 0 Å². The molecule has 0 radical (unpaired) electrons. The van der Waals surface area contributed by atoms with Gasteiger partial charge >= 0.3 is 5.63 Å². The van der Waals surface area contributed by atoms with Crippen molar-refractivity contribution >= 4 is 11.0 Å². The summed E-state index contributed by atoms with van der Waals surface area (Å²) in [6, 6.07) is 7.69. The fraction of sp³-hybridized carbons (Fsp3) is 0.471. The topological polar surface area (TPSA) is 39.4 Å². The molecule has 2 saturated carbocycles. The van der Waals surface area contributed by atoms with E-state index >= 15 is 0 Å². The third-order valence-corrected chi connectivity index (χ3v) is 5.55. The highest BCUT2D eigenvalue weighted by Gasteiger charge is 2.51. The molecule has 5 rings (SSSR count). The van der Waals surface area contributed by atoms with Gasteiger partial charge in [0.2, 0.25) is 0 Å². The van der Waals surface area contributed by atoms with E-state index in [0.29, 0.717) is 23.5 Å². The van der Waals surface area contributed by atoms with E-state index in [-0.39, 0.29) is 5.63 Å². The third-order valence-electron chi connectivity index (χ3n) is 5.55. The van der Waals surface area contributed by atoms with Gasteiger partial charge in [0.05, 0.1) is 10.9 Å². The Labute approximate surface area is 116 Å². The van der Waals surface area contributed by atoms with Crippen LogP contribution >= 0.6 is 0 Å². The van der Waals surface area contributed by atoms with E-state index in [9.17, 15) is 4.79 Å². The van der Waals surface area contributed by atoms with E-state index in [1.165, 1.54) is 19.3 Å². The Hall–Kier alpha value is -1.77. The van der Waals surface area contributed by atoms with Gasteiger partial charge in [-0.05, 0) is 49.7 Å². The lowest BCUT2D eigenvalue weighted by atomic mass is 9.80. The second kappa shape index (κ2) is 3.66. The first-order valence-electron chi connectivity index (χ1n) is 7.52. The smallest absolute Gasteiger partial charge is 0.343 e. The van der Waals surface area contributed by atoms with Crippen LogP contribution in [0.25, 0.3) is 11.0 Å². The third kappa shape index (κ3) is 1.28. The molecule has 2 bridgehead atoms. The molecule has 3 nitrogen and oxygen atoms in total. The van der Waals surface area contributed by atoms with Crippen LogP contribution in [-0.2, 0) is 6.42 Å². The summed E-state index contributed by atoms with van der Waals surface area (Å²) in [7, 11) is 0. The summed E-state index contributed by atoms with van der Waals surface area (Å²) in [5.74, 6) is 2.78. The average molecular weight is 268 g/mol. The lowest BCUT2D eigenvalue weighted by molar-refractivity contribution is 0.0651. The minimum Gasteiger partial charge on any atom is -0.488 e. The Morgan fingerprint density at radius 1 is 1.10 bits per heavy atom. The van der Waals surface area contributed by atoms with Crippen LogP contribution in [0.15, 0.2) is 33.5 Å². The van der Waals surface area contributed by atoms with Crippen molar-refractivity contribution < 1.29 is 9.15 Å². The van der Waals surface area contributed by atoms with E-state index in [4.69, 9.17) is 9.15 Å². The second-order valence-electron chi connectivity index (χ2n) is 6.48. The van der Waals surface area contributed by atoms with Gasteiger partial charge < -0.3 is 9.15 Å². The quantitative estimate of drug-likeness (QED) is 0.689.